The normalized spacial score (nSPS) is 30.2. The van der Waals surface area contributed by atoms with Gasteiger partial charge in [-0.05, 0) is 77.0 Å². The van der Waals surface area contributed by atoms with Gasteiger partial charge in [-0.2, -0.15) is 0 Å². The third-order valence-corrected chi connectivity index (χ3v) is 14.9. The molecular formula is C63H107NO18. The molecule has 17 atom stereocenters. The molecule has 3 heterocycles. The third kappa shape index (κ3) is 28.4. The summed E-state index contributed by atoms with van der Waals surface area (Å²) in [4.78, 5) is 13.3. The lowest BCUT2D eigenvalue weighted by atomic mass is 9.96. The highest BCUT2D eigenvalue weighted by Crippen LogP contribution is 2.33. The van der Waals surface area contributed by atoms with Crippen LogP contribution < -0.4 is 5.32 Å². The van der Waals surface area contributed by atoms with Gasteiger partial charge < -0.3 is 89.9 Å². The lowest BCUT2D eigenvalue weighted by molar-refractivity contribution is -0.379. The maximum absolute atomic E-state index is 13.3. The van der Waals surface area contributed by atoms with Crippen LogP contribution in [0.1, 0.15) is 174 Å². The van der Waals surface area contributed by atoms with E-state index in [1.54, 1.807) is 6.08 Å². The quantitative estimate of drug-likeness (QED) is 0.0247. The molecule has 3 aliphatic rings. The summed E-state index contributed by atoms with van der Waals surface area (Å²) in [5, 5.41) is 120. The Hall–Kier alpha value is -3.03. The molecule has 19 nitrogen and oxygen atoms in total. The smallest absolute Gasteiger partial charge is 0.220 e. The second kappa shape index (κ2) is 45.3. The van der Waals surface area contributed by atoms with Crippen LogP contribution in [0, 0.1) is 0 Å². The van der Waals surface area contributed by atoms with E-state index in [0.717, 1.165) is 83.5 Å². The Morgan fingerprint density at radius 1 is 0.451 bits per heavy atom. The van der Waals surface area contributed by atoms with Gasteiger partial charge in [0, 0.05) is 6.42 Å². The summed E-state index contributed by atoms with van der Waals surface area (Å²) in [5.41, 5.74) is 0. The fourth-order valence-corrected chi connectivity index (χ4v) is 9.85. The van der Waals surface area contributed by atoms with E-state index in [4.69, 9.17) is 28.4 Å². The molecule has 0 aliphatic carbocycles. The van der Waals surface area contributed by atoms with Crippen molar-refractivity contribution in [2.75, 3.05) is 26.4 Å². The van der Waals surface area contributed by atoms with Gasteiger partial charge in [0.2, 0.25) is 5.91 Å². The van der Waals surface area contributed by atoms with Gasteiger partial charge in [0.25, 0.3) is 0 Å². The van der Waals surface area contributed by atoms with E-state index in [1.165, 1.54) is 57.8 Å². The van der Waals surface area contributed by atoms with Crippen molar-refractivity contribution in [2.24, 2.45) is 0 Å². The van der Waals surface area contributed by atoms with Gasteiger partial charge in [-0.3, -0.25) is 4.79 Å². The third-order valence-electron chi connectivity index (χ3n) is 14.9. The highest BCUT2D eigenvalue weighted by molar-refractivity contribution is 5.76. The molecular weight excluding hydrogens is 1060 g/mol. The van der Waals surface area contributed by atoms with E-state index >= 15 is 0 Å². The zero-order chi connectivity index (χ0) is 59.7. The molecule has 19 heteroatoms. The van der Waals surface area contributed by atoms with Crippen LogP contribution in [0.5, 0.6) is 0 Å². The number of hydrogen-bond donors (Lipinski definition) is 12. The zero-order valence-electron chi connectivity index (χ0n) is 49.2. The van der Waals surface area contributed by atoms with Crippen LogP contribution in [-0.2, 0) is 33.2 Å². The Morgan fingerprint density at radius 3 is 1.37 bits per heavy atom. The molecule has 472 valence electrons. The van der Waals surface area contributed by atoms with Gasteiger partial charge in [0.1, 0.15) is 73.2 Å². The number of amides is 1. The average Bonchev–Trinajstić information content (AvgIpc) is 3.59. The van der Waals surface area contributed by atoms with E-state index in [2.05, 4.69) is 92.1 Å². The van der Waals surface area contributed by atoms with Crippen molar-refractivity contribution in [2.45, 2.75) is 279 Å². The molecule has 0 aromatic carbocycles. The minimum absolute atomic E-state index is 0.224. The summed E-state index contributed by atoms with van der Waals surface area (Å²) >= 11 is 0. The summed E-state index contributed by atoms with van der Waals surface area (Å²) in [6.07, 6.45) is 28.6. The largest absolute Gasteiger partial charge is 0.394 e. The van der Waals surface area contributed by atoms with Crippen LogP contribution in [0.3, 0.4) is 0 Å². The number of aliphatic hydroxyl groups is 11. The molecule has 0 spiro atoms. The monoisotopic (exact) mass is 1170 g/mol. The van der Waals surface area contributed by atoms with Gasteiger partial charge in [-0.1, -0.05) is 176 Å². The summed E-state index contributed by atoms with van der Waals surface area (Å²) in [6, 6.07) is -1.00. The summed E-state index contributed by atoms with van der Waals surface area (Å²) in [7, 11) is 0. The molecule has 0 saturated carbocycles. The predicted octanol–water partition coefficient (Wildman–Crippen LogP) is 5.98. The summed E-state index contributed by atoms with van der Waals surface area (Å²) in [5.74, 6) is -0.298. The standard InChI is InChI=1S/C63H107NO18/c1-3-5-7-9-11-13-15-17-18-19-20-21-22-23-24-25-26-27-28-29-31-33-35-37-39-41-51(69)64-46(47(68)40-38-36-34-32-30-16-14-12-10-8-6-4-2)45-77-61-57(75)54(72)59(49(43-66)79-61)82-63-58(76)55(73)60(50(44-67)80-63)81-62-56(74)53(71)52(70)48(42-65)78-62/h5,7,10-13,17-18,20-21,30,32,38,40,46-50,52-63,65-68,70-76H,3-4,6,8-9,14-16,19,22-29,31,33-37,39,41-45H2,1-2H3,(H,64,69)/b7-5-,12-10+,13-11-,18-17-,21-20-,32-30+,40-38+. The van der Waals surface area contributed by atoms with E-state index in [9.17, 15) is 61.0 Å². The topological polar surface area (TPSA) is 307 Å². The van der Waals surface area contributed by atoms with Crippen molar-refractivity contribution in [1.82, 2.24) is 5.32 Å². The molecule has 0 aromatic rings. The highest BCUT2D eigenvalue weighted by atomic mass is 16.8. The van der Waals surface area contributed by atoms with Gasteiger partial charge in [0.05, 0.1) is 38.6 Å². The van der Waals surface area contributed by atoms with E-state index < -0.39 is 124 Å². The number of unbranched alkanes of at least 4 members (excludes halogenated alkanes) is 16. The fraction of sp³-hybridized carbons (Fsp3) is 0.762. The van der Waals surface area contributed by atoms with Gasteiger partial charge in [0.15, 0.2) is 18.9 Å². The minimum atomic E-state index is -1.98. The number of carbonyl (C=O) groups excluding carboxylic acids is 1. The maximum Gasteiger partial charge on any atom is 0.220 e. The van der Waals surface area contributed by atoms with Gasteiger partial charge >= 0.3 is 0 Å². The Bertz CT molecular complexity index is 1820. The maximum atomic E-state index is 13.3. The summed E-state index contributed by atoms with van der Waals surface area (Å²) < 4.78 is 34.2. The highest BCUT2D eigenvalue weighted by Gasteiger charge is 2.53. The van der Waals surface area contributed by atoms with Crippen LogP contribution in [-0.4, -0.2) is 193 Å². The molecule has 0 aromatic heterocycles. The van der Waals surface area contributed by atoms with Crippen LogP contribution in [0.2, 0.25) is 0 Å². The molecule has 17 unspecified atom stereocenters. The first-order valence-electron chi connectivity index (χ1n) is 30.8. The number of rotatable bonds is 44. The second-order valence-corrected chi connectivity index (χ2v) is 21.8. The fourth-order valence-electron chi connectivity index (χ4n) is 9.85. The van der Waals surface area contributed by atoms with Crippen LogP contribution >= 0.6 is 0 Å². The average molecular weight is 1170 g/mol. The molecule has 0 radical (unpaired) electrons. The zero-order valence-corrected chi connectivity index (χ0v) is 49.2. The molecule has 12 N–H and O–H groups in total. The van der Waals surface area contributed by atoms with Gasteiger partial charge in [-0.25, -0.2) is 0 Å². The Kier molecular flexibility index (Phi) is 40.5. The minimum Gasteiger partial charge on any atom is -0.394 e. The lowest BCUT2D eigenvalue weighted by Gasteiger charge is -2.48. The number of hydrogen-bond acceptors (Lipinski definition) is 18. The van der Waals surface area contributed by atoms with Crippen molar-refractivity contribution in [3.8, 4) is 0 Å². The summed E-state index contributed by atoms with van der Waals surface area (Å²) in [6.45, 7) is 1.50. The Labute approximate surface area is 489 Å². The SMILES string of the molecule is CC/C=C\C/C=C\C/C=C\C/C=C\CCCCCCCCCCCCCCC(=O)NC(COC1OC(CO)C(OC2OC(CO)C(OC3OC(CO)C(O)C(O)C3O)C(O)C2O)C(O)C1O)C(O)/C=C/CC/C=C/CC/C=C/CCCC. The molecule has 1 amide bonds. The molecule has 0 bridgehead atoms. The van der Waals surface area contributed by atoms with Crippen LogP contribution in [0.15, 0.2) is 85.1 Å². The van der Waals surface area contributed by atoms with Crippen molar-refractivity contribution in [3.63, 3.8) is 0 Å². The van der Waals surface area contributed by atoms with Gasteiger partial charge in [-0.15, -0.1) is 0 Å². The predicted molar refractivity (Wildman–Crippen MR) is 314 cm³/mol. The first-order valence-corrected chi connectivity index (χ1v) is 30.8. The van der Waals surface area contributed by atoms with E-state index in [0.29, 0.717) is 12.8 Å². The first kappa shape index (κ1) is 73.2. The van der Waals surface area contributed by atoms with Crippen molar-refractivity contribution in [1.29, 1.82) is 0 Å². The Morgan fingerprint density at radius 2 is 0.854 bits per heavy atom. The number of aliphatic hydroxyl groups excluding tert-OH is 11. The van der Waals surface area contributed by atoms with Crippen LogP contribution in [0.25, 0.3) is 0 Å². The van der Waals surface area contributed by atoms with Crippen molar-refractivity contribution in [3.05, 3.63) is 85.1 Å². The number of nitrogens with one attached hydrogen (secondary N) is 1. The van der Waals surface area contributed by atoms with Crippen LogP contribution in [0.4, 0.5) is 0 Å². The molecule has 3 aliphatic heterocycles. The molecule has 3 fully saturated rings. The second-order valence-electron chi connectivity index (χ2n) is 21.8. The molecule has 3 saturated heterocycles. The van der Waals surface area contributed by atoms with E-state index in [-0.39, 0.29) is 18.9 Å². The number of ether oxygens (including phenoxy) is 6. The van der Waals surface area contributed by atoms with Crippen molar-refractivity contribution >= 4 is 5.91 Å². The first-order chi connectivity index (χ1) is 39.8. The lowest BCUT2D eigenvalue weighted by Crippen LogP contribution is -2.66. The Balaban J connectivity index is 1.45. The number of carbonyl (C=O) groups is 1. The van der Waals surface area contributed by atoms with Crippen molar-refractivity contribution < 1.29 is 89.4 Å². The molecule has 82 heavy (non-hydrogen) atoms. The van der Waals surface area contributed by atoms with E-state index in [1.807, 2.05) is 6.08 Å². The molecule has 3 rings (SSSR count). The number of allylic oxidation sites excluding steroid dienone is 13.